The van der Waals surface area contributed by atoms with E-state index in [4.69, 9.17) is 9.15 Å². The van der Waals surface area contributed by atoms with Crippen LogP contribution in [-0.2, 0) is 13.2 Å². The monoisotopic (exact) mass is 275 g/mol. The van der Waals surface area contributed by atoms with E-state index in [1.54, 1.807) is 12.3 Å². The van der Waals surface area contributed by atoms with Crippen molar-refractivity contribution in [1.29, 1.82) is 0 Å². The summed E-state index contributed by atoms with van der Waals surface area (Å²) in [5.74, 6) is 1.37. The van der Waals surface area contributed by atoms with Crippen LogP contribution in [0.1, 0.15) is 29.7 Å². The van der Waals surface area contributed by atoms with Gasteiger partial charge in [-0.15, -0.1) is 0 Å². The van der Waals surface area contributed by atoms with Crippen LogP contribution in [-0.4, -0.2) is 6.04 Å². The van der Waals surface area contributed by atoms with Gasteiger partial charge < -0.3 is 14.5 Å². The molecule has 1 aliphatic rings. The SMILES string of the molecule is Cc1cc(F)ccc1OCc1ccoc1CNC1CC1. The van der Waals surface area contributed by atoms with Gasteiger partial charge in [-0.2, -0.15) is 0 Å². The number of furan rings is 1. The molecule has 0 atom stereocenters. The van der Waals surface area contributed by atoms with Crippen molar-refractivity contribution in [3.05, 3.63) is 53.2 Å². The lowest BCUT2D eigenvalue weighted by Gasteiger charge is -2.09. The fourth-order valence-electron chi connectivity index (χ4n) is 2.11. The van der Waals surface area contributed by atoms with Crippen molar-refractivity contribution < 1.29 is 13.5 Å². The van der Waals surface area contributed by atoms with Gasteiger partial charge in [0.05, 0.1) is 12.8 Å². The summed E-state index contributed by atoms with van der Waals surface area (Å²) in [5, 5.41) is 3.42. The topological polar surface area (TPSA) is 34.4 Å². The van der Waals surface area contributed by atoms with Gasteiger partial charge in [0.1, 0.15) is 23.9 Å². The molecule has 0 bridgehead atoms. The van der Waals surface area contributed by atoms with Crippen molar-refractivity contribution in [3.8, 4) is 5.75 Å². The molecular formula is C16H18FNO2. The smallest absolute Gasteiger partial charge is 0.124 e. The normalized spacial score (nSPS) is 14.5. The van der Waals surface area contributed by atoms with E-state index in [9.17, 15) is 4.39 Å². The summed E-state index contributed by atoms with van der Waals surface area (Å²) >= 11 is 0. The lowest BCUT2D eigenvalue weighted by Crippen LogP contribution is -2.16. The van der Waals surface area contributed by atoms with Gasteiger partial charge in [-0.05, 0) is 49.6 Å². The molecule has 0 saturated heterocycles. The van der Waals surface area contributed by atoms with Gasteiger partial charge in [0.15, 0.2) is 0 Å². The Morgan fingerprint density at radius 1 is 1.35 bits per heavy atom. The van der Waals surface area contributed by atoms with Crippen molar-refractivity contribution in [1.82, 2.24) is 5.32 Å². The van der Waals surface area contributed by atoms with Gasteiger partial charge in [-0.3, -0.25) is 0 Å². The van der Waals surface area contributed by atoms with Gasteiger partial charge in [0.2, 0.25) is 0 Å². The zero-order chi connectivity index (χ0) is 13.9. The minimum Gasteiger partial charge on any atom is -0.488 e. The van der Waals surface area contributed by atoms with E-state index in [-0.39, 0.29) is 5.82 Å². The van der Waals surface area contributed by atoms with Crippen LogP contribution in [0.4, 0.5) is 4.39 Å². The second-order valence-corrected chi connectivity index (χ2v) is 5.22. The highest BCUT2D eigenvalue weighted by molar-refractivity contribution is 5.33. The first kappa shape index (κ1) is 13.2. The summed E-state index contributed by atoms with van der Waals surface area (Å²) < 4.78 is 24.3. The maximum atomic E-state index is 13.0. The van der Waals surface area contributed by atoms with E-state index in [2.05, 4.69) is 5.32 Å². The minimum absolute atomic E-state index is 0.243. The van der Waals surface area contributed by atoms with Gasteiger partial charge in [-0.25, -0.2) is 4.39 Å². The highest BCUT2D eigenvalue weighted by Crippen LogP contribution is 2.22. The molecule has 20 heavy (non-hydrogen) atoms. The van der Waals surface area contributed by atoms with E-state index < -0.39 is 0 Å². The molecule has 1 fully saturated rings. The third-order valence-electron chi connectivity index (χ3n) is 3.49. The average molecular weight is 275 g/mol. The molecule has 1 saturated carbocycles. The molecule has 1 heterocycles. The molecule has 0 aliphatic heterocycles. The molecule has 4 heteroatoms. The van der Waals surface area contributed by atoms with Crippen molar-refractivity contribution in [2.75, 3.05) is 0 Å². The molecule has 1 aliphatic carbocycles. The minimum atomic E-state index is -0.243. The third-order valence-corrected chi connectivity index (χ3v) is 3.49. The van der Waals surface area contributed by atoms with Crippen LogP contribution in [0.5, 0.6) is 5.75 Å². The molecule has 3 rings (SSSR count). The number of hydrogen-bond donors (Lipinski definition) is 1. The first-order valence-corrected chi connectivity index (χ1v) is 6.90. The Labute approximate surface area is 117 Å². The largest absolute Gasteiger partial charge is 0.488 e. The summed E-state index contributed by atoms with van der Waals surface area (Å²) in [6, 6.07) is 7.11. The average Bonchev–Trinajstić information content (AvgIpc) is 3.14. The van der Waals surface area contributed by atoms with E-state index in [1.165, 1.54) is 25.0 Å². The fourth-order valence-corrected chi connectivity index (χ4v) is 2.11. The van der Waals surface area contributed by atoms with Crippen LogP contribution in [0.15, 0.2) is 34.9 Å². The Morgan fingerprint density at radius 2 is 2.20 bits per heavy atom. The Balaban J connectivity index is 1.61. The summed E-state index contributed by atoms with van der Waals surface area (Å²) in [5.41, 5.74) is 1.83. The van der Waals surface area contributed by atoms with E-state index in [0.29, 0.717) is 18.4 Å². The molecule has 3 nitrogen and oxygen atoms in total. The Bertz CT molecular complexity index is 590. The van der Waals surface area contributed by atoms with Crippen LogP contribution in [0.3, 0.4) is 0 Å². The summed E-state index contributed by atoms with van der Waals surface area (Å²) in [6.45, 7) is 3.01. The second kappa shape index (κ2) is 5.67. The van der Waals surface area contributed by atoms with Crippen LogP contribution in [0, 0.1) is 12.7 Å². The number of rotatable bonds is 6. The van der Waals surface area contributed by atoms with Crippen LogP contribution in [0.2, 0.25) is 0 Å². The van der Waals surface area contributed by atoms with Crippen molar-refractivity contribution >= 4 is 0 Å². The quantitative estimate of drug-likeness (QED) is 0.875. The molecule has 0 spiro atoms. The van der Waals surface area contributed by atoms with Gasteiger partial charge in [-0.1, -0.05) is 0 Å². The van der Waals surface area contributed by atoms with Crippen LogP contribution >= 0.6 is 0 Å². The molecule has 0 radical (unpaired) electrons. The predicted octanol–water partition coefficient (Wildman–Crippen LogP) is 3.56. The van der Waals surface area contributed by atoms with Crippen LogP contribution < -0.4 is 10.1 Å². The number of ether oxygens (including phenoxy) is 1. The Kier molecular flexibility index (Phi) is 3.74. The highest BCUT2D eigenvalue weighted by atomic mass is 19.1. The zero-order valence-electron chi connectivity index (χ0n) is 11.5. The zero-order valence-corrected chi connectivity index (χ0v) is 11.5. The number of halogens is 1. The predicted molar refractivity (Wildman–Crippen MR) is 74.0 cm³/mol. The third kappa shape index (κ3) is 3.20. The van der Waals surface area contributed by atoms with Crippen molar-refractivity contribution in [2.45, 2.75) is 39.0 Å². The van der Waals surface area contributed by atoms with E-state index in [1.807, 2.05) is 13.0 Å². The number of aryl methyl sites for hydroxylation is 1. The van der Waals surface area contributed by atoms with Crippen LogP contribution in [0.25, 0.3) is 0 Å². The first-order chi connectivity index (χ1) is 9.72. The number of hydrogen-bond acceptors (Lipinski definition) is 3. The Hall–Kier alpha value is -1.81. The molecule has 1 aromatic carbocycles. The summed E-state index contributed by atoms with van der Waals surface area (Å²) in [4.78, 5) is 0. The van der Waals surface area contributed by atoms with Gasteiger partial charge in [0, 0.05) is 11.6 Å². The van der Waals surface area contributed by atoms with Gasteiger partial charge in [0.25, 0.3) is 0 Å². The van der Waals surface area contributed by atoms with Crippen molar-refractivity contribution in [2.24, 2.45) is 0 Å². The lowest BCUT2D eigenvalue weighted by atomic mass is 10.2. The fraction of sp³-hybridized carbons (Fsp3) is 0.375. The maximum absolute atomic E-state index is 13.0. The maximum Gasteiger partial charge on any atom is 0.124 e. The molecule has 1 aromatic heterocycles. The Morgan fingerprint density at radius 3 is 2.95 bits per heavy atom. The van der Waals surface area contributed by atoms with E-state index >= 15 is 0 Å². The number of benzene rings is 1. The standard InChI is InChI=1S/C16H18FNO2/c1-11-8-13(17)2-5-15(11)20-10-12-6-7-19-16(12)9-18-14-3-4-14/h2,5-8,14,18H,3-4,9-10H2,1H3. The van der Waals surface area contributed by atoms with Crippen molar-refractivity contribution in [3.63, 3.8) is 0 Å². The number of nitrogens with one attached hydrogen (secondary N) is 1. The summed E-state index contributed by atoms with van der Waals surface area (Å²) in [6.07, 6.45) is 4.18. The molecule has 0 amide bonds. The van der Waals surface area contributed by atoms with E-state index in [0.717, 1.165) is 23.4 Å². The van der Waals surface area contributed by atoms with Gasteiger partial charge >= 0.3 is 0 Å². The molecule has 106 valence electrons. The first-order valence-electron chi connectivity index (χ1n) is 6.90. The second-order valence-electron chi connectivity index (χ2n) is 5.22. The summed E-state index contributed by atoms with van der Waals surface area (Å²) in [7, 11) is 0. The molecular weight excluding hydrogens is 257 g/mol. The molecule has 1 N–H and O–H groups in total. The lowest BCUT2D eigenvalue weighted by molar-refractivity contribution is 0.298. The highest BCUT2D eigenvalue weighted by Gasteiger charge is 2.21. The molecule has 2 aromatic rings. The molecule has 0 unspecified atom stereocenters.